The lowest BCUT2D eigenvalue weighted by atomic mass is 9.81. The van der Waals surface area contributed by atoms with E-state index < -0.39 is 0 Å². The van der Waals surface area contributed by atoms with E-state index >= 15 is 0 Å². The topological polar surface area (TPSA) is 6.48 Å². The second kappa shape index (κ2) is 18.3. The first-order valence-corrected chi connectivity index (χ1v) is 23.0. The molecule has 0 aromatic heterocycles. The molecule has 0 N–H and O–H groups in total. The van der Waals surface area contributed by atoms with Crippen molar-refractivity contribution in [2.75, 3.05) is 9.80 Å². The van der Waals surface area contributed by atoms with Crippen LogP contribution >= 0.6 is 0 Å². The summed E-state index contributed by atoms with van der Waals surface area (Å²) in [5.41, 5.74) is 22.2. The molecule has 320 valence electrons. The van der Waals surface area contributed by atoms with E-state index in [0.29, 0.717) is 0 Å². The van der Waals surface area contributed by atoms with Gasteiger partial charge in [0.2, 0.25) is 0 Å². The second-order valence-corrected chi connectivity index (χ2v) is 18.0. The van der Waals surface area contributed by atoms with Gasteiger partial charge in [0.05, 0.1) is 0 Å². The predicted octanol–water partition coefficient (Wildman–Crippen LogP) is 17.5. The van der Waals surface area contributed by atoms with E-state index in [1.54, 1.807) is 0 Å². The number of aryl methyl sites for hydroxylation is 2. The Labute approximate surface area is 391 Å². The van der Waals surface area contributed by atoms with Gasteiger partial charge in [0.1, 0.15) is 0 Å². The van der Waals surface area contributed by atoms with E-state index in [4.69, 9.17) is 0 Å². The fraction of sp³-hybridized carbons (Fsp3) is 0.0938. The number of para-hydroxylation sites is 4. The third-order valence-corrected chi connectivity index (χ3v) is 13.1. The van der Waals surface area contributed by atoms with Gasteiger partial charge in [-0.15, -0.1) is 0 Å². The third-order valence-electron chi connectivity index (χ3n) is 13.1. The average Bonchev–Trinajstić information content (AvgIpc) is 3.57. The first kappa shape index (κ1) is 42.0. The number of anilines is 6. The number of fused-ring (bicyclic) bond motifs is 3. The van der Waals surface area contributed by atoms with Gasteiger partial charge in [0, 0.05) is 39.5 Å². The van der Waals surface area contributed by atoms with Crippen LogP contribution in [0.1, 0.15) is 69.5 Å². The van der Waals surface area contributed by atoms with E-state index in [9.17, 15) is 0 Å². The molecule has 0 heterocycles. The zero-order chi connectivity index (χ0) is 45.0. The summed E-state index contributed by atoms with van der Waals surface area (Å²) < 4.78 is 0. The zero-order valence-corrected chi connectivity index (χ0v) is 38.2. The van der Waals surface area contributed by atoms with Crippen LogP contribution in [0.25, 0.3) is 35.4 Å². The molecule has 0 radical (unpaired) electrons. The Morgan fingerprint density at radius 2 is 0.788 bits per heavy atom. The lowest BCUT2D eigenvalue weighted by Crippen LogP contribution is -2.15. The summed E-state index contributed by atoms with van der Waals surface area (Å²) in [6.07, 6.45) is 9.91. The molecule has 0 saturated carbocycles. The van der Waals surface area contributed by atoms with Crippen LogP contribution in [0.5, 0.6) is 0 Å². The lowest BCUT2D eigenvalue weighted by Gasteiger charge is -2.25. The molecular weight excluding hydrogens is 797 g/mol. The number of rotatable bonds is 12. The maximum Gasteiger partial charge on any atom is 0.0462 e. The summed E-state index contributed by atoms with van der Waals surface area (Å²) in [5.74, 6) is 0. The first-order valence-electron chi connectivity index (χ1n) is 23.0. The molecule has 9 aromatic rings. The van der Waals surface area contributed by atoms with E-state index in [-0.39, 0.29) is 5.41 Å². The maximum absolute atomic E-state index is 2.47. The van der Waals surface area contributed by atoms with Gasteiger partial charge >= 0.3 is 0 Å². The van der Waals surface area contributed by atoms with Crippen molar-refractivity contribution in [1.82, 2.24) is 0 Å². The monoisotopic (exact) mass is 850 g/mol. The van der Waals surface area contributed by atoms with Gasteiger partial charge in [0.25, 0.3) is 0 Å². The molecule has 0 amide bonds. The van der Waals surface area contributed by atoms with Crippen LogP contribution in [0, 0.1) is 13.8 Å². The quantitative estimate of drug-likeness (QED) is 0.113. The smallest absolute Gasteiger partial charge is 0.0462 e. The highest BCUT2D eigenvalue weighted by atomic mass is 15.1. The van der Waals surface area contributed by atoms with Gasteiger partial charge in [0.15, 0.2) is 0 Å². The van der Waals surface area contributed by atoms with Crippen LogP contribution in [0.2, 0.25) is 0 Å². The van der Waals surface area contributed by atoms with Crippen molar-refractivity contribution in [2.24, 2.45) is 0 Å². The van der Waals surface area contributed by atoms with Crippen LogP contribution in [0.15, 0.2) is 218 Å². The van der Waals surface area contributed by atoms with Crippen LogP contribution in [0.4, 0.5) is 34.1 Å². The minimum Gasteiger partial charge on any atom is -0.311 e. The van der Waals surface area contributed by atoms with Crippen LogP contribution in [-0.4, -0.2) is 0 Å². The van der Waals surface area contributed by atoms with Crippen LogP contribution in [-0.2, 0) is 11.8 Å². The summed E-state index contributed by atoms with van der Waals surface area (Å²) in [7, 11) is 0. The Kier molecular flexibility index (Phi) is 11.6. The number of hydrogen-bond acceptors (Lipinski definition) is 2. The average molecular weight is 851 g/mol. The van der Waals surface area contributed by atoms with Crippen molar-refractivity contribution in [2.45, 2.75) is 39.5 Å². The predicted molar refractivity (Wildman–Crippen MR) is 283 cm³/mol. The van der Waals surface area contributed by atoms with E-state index in [1.165, 1.54) is 55.6 Å². The van der Waals surface area contributed by atoms with E-state index in [2.05, 4.69) is 280 Å². The largest absolute Gasteiger partial charge is 0.311 e. The molecule has 0 fully saturated rings. The number of nitrogens with zero attached hydrogens (tertiary/aromatic N) is 2. The fourth-order valence-corrected chi connectivity index (χ4v) is 9.55. The maximum atomic E-state index is 2.47. The highest BCUT2D eigenvalue weighted by molar-refractivity contribution is 5.83. The minimum absolute atomic E-state index is 0.0614. The molecular formula is C64H54N2. The molecule has 1 aliphatic rings. The van der Waals surface area contributed by atoms with Crippen molar-refractivity contribution in [3.05, 3.63) is 274 Å². The molecule has 2 nitrogen and oxygen atoms in total. The molecule has 66 heavy (non-hydrogen) atoms. The fourth-order valence-electron chi connectivity index (χ4n) is 9.55. The third kappa shape index (κ3) is 8.66. The molecule has 2 heteroatoms. The van der Waals surface area contributed by atoms with Crippen molar-refractivity contribution in [3.8, 4) is 11.1 Å². The Hall–Kier alpha value is -7.94. The molecule has 0 unspecified atom stereocenters. The SMILES string of the molecule is Cc1ccc2c(c1)C(C)(C)c1cc(Cc3cc(C=Cc4ccc(N(c5ccccc5)c5ccccc5)cc4)c(C)cc3/C=C/c3ccc(N(c4ccccc4)c4ccccc4)cc3)ccc1-2. The van der Waals surface area contributed by atoms with E-state index in [0.717, 1.165) is 51.7 Å². The molecule has 10 rings (SSSR count). The lowest BCUT2D eigenvalue weighted by molar-refractivity contribution is 0.659. The highest BCUT2D eigenvalue weighted by Gasteiger charge is 2.35. The summed E-state index contributed by atoms with van der Waals surface area (Å²) in [5, 5.41) is 0. The molecule has 1 aliphatic carbocycles. The molecule has 0 atom stereocenters. The standard InChI is InChI=1S/C64H54N2/c1-46-25-39-60-61-40-32-50(44-63(61)64(3,4)62(60)41-46)43-53-45-51(33-26-48-28-35-58(36-29-48)65(54-17-9-5-10-18-54)55-19-11-6-12-20-55)47(2)42-52(53)34-27-49-30-37-59(38-31-49)66(56-21-13-7-14-22-56)57-23-15-8-16-24-57/h5-42,44-45H,43H2,1-4H3/b33-26?,34-27+. The highest BCUT2D eigenvalue weighted by Crippen LogP contribution is 2.49. The zero-order valence-electron chi connectivity index (χ0n) is 38.2. The molecule has 0 aliphatic heterocycles. The van der Waals surface area contributed by atoms with E-state index in [1.807, 2.05) is 0 Å². The molecule has 9 aromatic carbocycles. The molecule has 0 saturated heterocycles. The Morgan fingerprint density at radius 3 is 1.26 bits per heavy atom. The van der Waals surface area contributed by atoms with Crippen molar-refractivity contribution in [3.63, 3.8) is 0 Å². The normalized spacial score (nSPS) is 12.6. The molecule has 0 spiro atoms. The first-order chi connectivity index (χ1) is 32.3. The van der Waals surface area contributed by atoms with Crippen LogP contribution < -0.4 is 9.80 Å². The Balaban J connectivity index is 0.971. The van der Waals surface area contributed by atoms with Gasteiger partial charge in [-0.2, -0.15) is 0 Å². The van der Waals surface area contributed by atoms with Crippen molar-refractivity contribution < 1.29 is 0 Å². The van der Waals surface area contributed by atoms with Gasteiger partial charge in [-0.05, 0) is 154 Å². The van der Waals surface area contributed by atoms with Crippen molar-refractivity contribution >= 4 is 58.4 Å². The summed E-state index contributed by atoms with van der Waals surface area (Å²) in [6.45, 7) is 9.18. The Morgan fingerprint density at radius 1 is 0.379 bits per heavy atom. The summed E-state index contributed by atoms with van der Waals surface area (Å²) in [4.78, 5) is 4.60. The van der Waals surface area contributed by atoms with Crippen molar-refractivity contribution in [1.29, 1.82) is 0 Å². The minimum atomic E-state index is -0.0614. The van der Waals surface area contributed by atoms with Gasteiger partial charge in [-0.25, -0.2) is 0 Å². The summed E-state index contributed by atoms with van der Waals surface area (Å²) >= 11 is 0. The number of benzene rings is 9. The Bertz CT molecular complexity index is 3090. The van der Waals surface area contributed by atoms with Gasteiger partial charge in [-0.1, -0.05) is 189 Å². The second-order valence-electron chi connectivity index (χ2n) is 18.0. The van der Waals surface area contributed by atoms with Gasteiger partial charge < -0.3 is 9.80 Å². The molecule has 0 bridgehead atoms. The van der Waals surface area contributed by atoms with Gasteiger partial charge in [-0.3, -0.25) is 0 Å². The van der Waals surface area contributed by atoms with Crippen LogP contribution in [0.3, 0.4) is 0 Å². The number of hydrogen-bond donors (Lipinski definition) is 0. The summed E-state index contributed by atoms with van der Waals surface area (Å²) in [6, 6.07) is 78.9.